The van der Waals surface area contributed by atoms with Gasteiger partial charge in [-0.3, -0.25) is 0 Å². The van der Waals surface area contributed by atoms with E-state index in [9.17, 15) is 0 Å². The molecular formula is C20H38N2O6. The van der Waals surface area contributed by atoms with Gasteiger partial charge in [0.25, 0.3) is 0 Å². The lowest BCUT2D eigenvalue weighted by molar-refractivity contribution is -0.279. The lowest BCUT2D eigenvalue weighted by Crippen LogP contribution is -2.67. The second-order valence-corrected chi connectivity index (χ2v) is 10.1. The van der Waals surface area contributed by atoms with Gasteiger partial charge in [0.2, 0.25) is 0 Å². The normalized spacial score (nSPS) is 39.4. The van der Waals surface area contributed by atoms with Gasteiger partial charge in [-0.05, 0) is 42.9 Å². The predicted octanol–water partition coefficient (Wildman–Crippen LogP) is -0.308. The highest BCUT2D eigenvalue weighted by Crippen LogP contribution is 2.69. The third-order valence-corrected chi connectivity index (χ3v) is 6.52. The Balaban J connectivity index is 1.58. The summed E-state index contributed by atoms with van der Waals surface area (Å²) in [5.41, 5.74) is 0.0822. The Hall–Kier alpha value is -0.320. The molecule has 0 aromatic carbocycles. The molecule has 0 amide bonds. The molecule has 8 heteroatoms. The molecule has 4 bridgehead atoms. The van der Waals surface area contributed by atoms with Crippen LogP contribution in [0.15, 0.2) is 0 Å². The summed E-state index contributed by atoms with van der Waals surface area (Å²) in [4.78, 5) is 0. The molecule has 4 aliphatic carbocycles. The van der Waals surface area contributed by atoms with Gasteiger partial charge in [0.15, 0.2) is 12.6 Å². The van der Waals surface area contributed by atoms with E-state index in [-0.39, 0.29) is 35.1 Å². The van der Waals surface area contributed by atoms with Crippen molar-refractivity contribution in [3.63, 3.8) is 0 Å². The van der Waals surface area contributed by atoms with E-state index in [0.717, 1.165) is 32.1 Å². The maximum Gasteiger partial charge on any atom is 0.164 e. The SMILES string of the molecule is CC12CC3(C)CC(OCCNCC(O)O)(C1)CC(OCCNCC(O)O)(C2)C3. The van der Waals surface area contributed by atoms with Gasteiger partial charge in [0.1, 0.15) is 0 Å². The molecule has 4 aliphatic rings. The molecule has 8 nitrogen and oxygen atoms in total. The van der Waals surface area contributed by atoms with Crippen LogP contribution in [0.1, 0.15) is 52.4 Å². The minimum Gasteiger partial charge on any atom is -0.374 e. The highest BCUT2D eigenvalue weighted by molar-refractivity contribution is 5.18. The number of hydrogen-bond acceptors (Lipinski definition) is 8. The zero-order chi connectivity index (χ0) is 20.5. The van der Waals surface area contributed by atoms with E-state index >= 15 is 0 Å². The van der Waals surface area contributed by atoms with Crippen molar-refractivity contribution in [1.29, 1.82) is 0 Å². The number of nitrogens with one attached hydrogen (secondary N) is 2. The maximum atomic E-state index is 8.94. The smallest absolute Gasteiger partial charge is 0.164 e. The zero-order valence-corrected chi connectivity index (χ0v) is 17.2. The minimum absolute atomic E-state index is 0.147. The summed E-state index contributed by atoms with van der Waals surface area (Å²) in [6, 6.07) is 0. The number of ether oxygens (including phenoxy) is 2. The average molecular weight is 403 g/mol. The maximum absolute atomic E-state index is 8.94. The molecule has 4 rings (SSSR count). The van der Waals surface area contributed by atoms with Crippen LogP contribution in [0.3, 0.4) is 0 Å². The molecule has 0 aliphatic heterocycles. The van der Waals surface area contributed by atoms with Crippen molar-refractivity contribution in [3.05, 3.63) is 0 Å². The van der Waals surface area contributed by atoms with Crippen molar-refractivity contribution >= 4 is 0 Å². The first-order valence-corrected chi connectivity index (χ1v) is 10.5. The van der Waals surface area contributed by atoms with Gasteiger partial charge in [-0.1, -0.05) is 13.8 Å². The van der Waals surface area contributed by atoms with Gasteiger partial charge in [-0.2, -0.15) is 0 Å². The molecule has 4 saturated carbocycles. The fraction of sp³-hybridized carbons (Fsp3) is 1.00. The van der Waals surface area contributed by atoms with Crippen LogP contribution in [0.4, 0.5) is 0 Å². The second kappa shape index (κ2) is 8.43. The predicted molar refractivity (Wildman–Crippen MR) is 103 cm³/mol. The van der Waals surface area contributed by atoms with Crippen LogP contribution in [0.2, 0.25) is 0 Å². The van der Waals surface area contributed by atoms with Gasteiger partial charge >= 0.3 is 0 Å². The molecule has 0 aromatic heterocycles. The highest BCUT2D eigenvalue weighted by atomic mass is 16.5. The van der Waals surface area contributed by atoms with Gasteiger partial charge in [0, 0.05) is 32.6 Å². The van der Waals surface area contributed by atoms with Crippen LogP contribution in [0.25, 0.3) is 0 Å². The van der Waals surface area contributed by atoms with Crippen LogP contribution < -0.4 is 10.6 Å². The lowest BCUT2D eigenvalue weighted by Gasteiger charge is -2.68. The molecule has 0 heterocycles. The molecule has 0 spiro atoms. The van der Waals surface area contributed by atoms with E-state index in [0.29, 0.717) is 26.3 Å². The van der Waals surface area contributed by atoms with Gasteiger partial charge in [-0.25, -0.2) is 0 Å². The quantitative estimate of drug-likeness (QED) is 0.194. The Kier molecular flexibility index (Phi) is 6.74. The van der Waals surface area contributed by atoms with E-state index in [1.165, 1.54) is 6.42 Å². The molecular weight excluding hydrogens is 364 g/mol. The summed E-state index contributed by atoms with van der Waals surface area (Å²) in [7, 11) is 0. The minimum atomic E-state index is -1.34. The van der Waals surface area contributed by atoms with Crippen molar-refractivity contribution in [1.82, 2.24) is 10.6 Å². The van der Waals surface area contributed by atoms with Crippen LogP contribution in [-0.4, -0.2) is 83.6 Å². The Labute approximate surface area is 167 Å². The number of rotatable bonds is 12. The van der Waals surface area contributed by atoms with E-state index < -0.39 is 12.6 Å². The molecule has 0 unspecified atom stereocenters. The lowest BCUT2D eigenvalue weighted by atomic mass is 9.42. The molecule has 0 radical (unpaired) electrons. The van der Waals surface area contributed by atoms with Crippen molar-refractivity contribution in [3.8, 4) is 0 Å². The van der Waals surface area contributed by atoms with Crippen LogP contribution in [0.5, 0.6) is 0 Å². The van der Waals surface area contributed by atoms with Crippen molar-refractivity contribution in [2.24, 2.45) is 10.8 Å². The van der Waals surface area contributed by atoms with Gasteiger partial charge < -0.3 is 40.5 Å². The summed E-state index contributed by atoms with van der Waals surface area (Å²) in [6.45, 7) is 7.29. The Bertz CT molecular complexity index is 471. The van der Waals surface area contributed by atoms with Crippen molar-refractivity contribution in [2.75, 3.05) is 39.4 Å². The van der Waals surface area contributed by atoms with Crippen molar-refractivity contribution < 1.29 is 29.9 Å². The summed E-state index contributed by atoms with van der Waals surface area (Å²) < 4.78 is 12.9. The summed E-state index contributed by atoms with van der Waals surface area (Å²) >= 11 is 0. The highest BCUT2D eigenvalue weighted by Gasteiger charge is 2.66. The van der Waals surface area contributed by atoms with E-state index in [4.69, 9.17) is 29.9 Å². The fourth-order valence-corrected chi connectivity index (χ4v) is 6.93. The standard InChI is InChI=1S/C20H38N2O6/c1-17-9-18(2)12-19(10-17,27-5-3-21-7-15(23)24)14-20(11-17,13-18)28-6-4-22-8-16(25)26/h15-16,21-26H,3-14H2,1-2H3. The topological polar surface area (TPSA) is 123 Å². The first kappa shape index (κ1) is 22.4. The van der Waals surface area contributed by atoms with Crippen molar-refractivity contribution in [2.45, 2.75) is 76.2 Å². The van der Waals surface area contributed by atoms with Gasteiger partial charge in [0.05, 0.1) is 24.4 Å². The largest absolute Gasteiger partial charge is 0.374 e. The fourth-order valence-electron chi connectivity index (χ4n) is 6.93. The molecule has 4 fully saturated rings. The van der Waals surface area contributed by atoms with E-state index in [1.807, 2.05) is 0 Å². The summed E-state index contributed by atoms with van der Waals surface area (Å²) in [5.74, 6) is 0. The molecule has 6 N–H and O–H groups in total. The monoisotopic (exact) mass is 402 g/mol. The molecule has 28 heavy (non-hydrogen) atoms. The average Bonchev–Trinajstić information content (AvgIpc) is 2.49. The first-order valence-electron chi connectivity index (χ1n) is 10.5. The summed E-state index contributed by atoms with van der Waals surface area (Å²) in [6.07, 6.45) is 3.65. The Morgan fingerprint density at radius 1 is 0.679 bits per heavy atom. The van der Waals surface area contributed by atoms with E-state index in [1.54, 1.807) is 0 Å². The molecule has 164 valence electrons. The summed E-state index contributed by atoms with van der Waals surface area (Å²) in [5, 5.41) is 41.7. The van der Waals surface area contributed by atoms with Crippen LogP contribution in [-0.2, 0) is 9.47 Å². The van der Waals surface area contributed by atoms with Crippen LogP contribution >= 0.6 is 0 Å². The third-order valence-electron chi connectivity index (χ3n) is 6.52. The number of aliphatic hydroxyl groups excluding tert-OH is 2. The Morgan fingerprint density at radius 2 is 1.07 bits per heavy atom. The Morgan fingerprint density at radius 3 is 1.43 bits per heavy atom. The second-order valence-electron chi connectivity index (χ2n) is 10.1. The van der Waals surface area contributed by atoms with Crippen LogP contribution in [0, 0.1) is 10.8 Å². The third kappa shape index (κ3) is 5.43. The van der Waals surface area contributed by atoms with E-state index in [2.05, 4.69) is 24.5 Å². The molecule has 0 saturated heterocycles. The molecule has 0 aromatic rings. The van der Waals surface area contributed by atoms with Gasteiger partial charge in [-0.15, -0.1) is 0 Å². The number of hydrogen-bond donors (Lipinski definition) is 6. The zero-order valence-electron chi connectivity index (χ0n) is 17.2. The number of aliphatic hydroxyl groups is 4. The molecule has 0 atom stereocenters. The first-order chi connectivity index (χ1) is 13.1.